The normalized spacial score (nSPS) is 15.0. The van der Waals surface area contributed by atoms with Gasteiger partial charge in [0, 0.05) is 11.1 Å². The summed E-state index contributed by atoms with van der Waals surface area (Å²) in [6.45, 7) is 6.92. The van der Waals surface area contributed by atoms with Gasteiger partial charge in [0.25, 0.3) is 0 Å². The molecular weight excluding hydrogens is 304 g/mol. The molecule has 0 bridgehead atoms. The summed E-state index contributed by atoms with van der Waals surface area (Å²) in [4.78, 5) is 21.2. The van der Waals surface area contributed by atoms with Gasteiger partial charge in [0.15, 0.2) is 0 Å². The lowest BCUT2D eigenvalue weighted by Crippen LogP contribution is -1.94. The molecule has 0 atom stereocenters. The van der Waals surface area contributed by atoms with E-state index < -0.39 is 11.9 Å². The summed E-state index contributed by atoms with van der Waals surface area (Å²) in [5.41, 5.74) is 2.55. The zero-order valence-corrected chi connectivity index (χ0v) is 14.5. The second kappa shape index (κ2) is 11.7. The monoisotopic (exact) mass is 328 g/mol. The Kier molecular flexibility index (Phi) is 10.3. The third kappa shape index (κ3) is 10.8. The number of aliphatic carboxylic acids is 2. The number of allylic oxidation sites excluding steroid dienone is 12. The molecule has 0 aromatic carbocycles. The molecule has 4 nitrogen and oxygen atoms in total. The van der Waals surface area contributed by atoms with Gasteiger partial charge in [0.2, 0.25) is 0 Å². The predicted octanol–water partition coefficient (Wildman–Crippen LogP) is 4.61. The molecule has 0 amide bonds. The highest BCUT2D eigenvalue weighted by Gasteiger charge is 1.96. The predicted molar refractivity (Wildman–Crippen MR) is 97.7 cm³/mol. The summed E-state index contributed by atoms with van der Waals surface area (Å²) < 4.78 is 0. The molecule has 0 saturated heterocycles. The van der Waals surface area contributed by atoms with Crippen molar-refractivity contribution in [1.82, 2.24) is 0 Å². The van der Waals surface area contributed by atoms with Crippen molar-refractivity contribution in [3.8, 4) is 0 Å². The standard InChI is InChI=1S/C20H24O4/c1-15(11-7-13-17(3)19(21)22)9-5-6-10-16(2)12-8-14-18(4)20(23)24/h5-14H,1-4H3,(H,21,22)(H,23,24)/b6-5+,11-7+,12-8+,15-9-,16-10+,17-13+,18-14-. The van der Waals surface area contributed by atoms with Crippen LogP contribution >= 0.6 is 0 Å². The zero-order chi connectivity index (χ0) is 18.5. The van der Waals surface area contributed by atoms with E-state index in [1.807, 2.05) is 50.3 Å². The number of carboxylic acids is 2. The largest absolute Gasteiger partial charge is 0.478 e. The summed E-state index contributed by atoms with van der Waals surface area (Å²) in [6.07, 6.45) is 17.7. The van der Waals surface area contributed by atoms with Gasteiger partial charge in [-0.1, -0.05) is 71.9 Å². The van der Waals surface area contributed by atoms with E-state index >= 15 is 0 Å². The van der Waals surface area contributed by atoms with Gasteiger partial charge in [-0.15, -0.1) is 0 Å². The van der Waals surface area contributed by atoms with Crippen LogP contribution in [0.5, 0.6) is 0 Å². The first kappa shape index (κ1) is 21.1. The summed E-state index contributed by atoms with van der Waals surface area (Å²) in [5.74, 6) is -1.86. The molecule has 24 heavy (non-hydrogen) atoms. The second-order valence-electron chi connectivity index (χ2n) is 5.23. The van der Waals surface area contributed by atoms with E-state index in [1.165, 1.54) is 0 Å². The van der Waals surface area contributed by atoms with Crippen LogP contribution in [0, 0.1) is 0 Å². The van der Waals surface area contributed by atoms with E-state index in [4.69, 9.17) is 10.2 Å². The Hall–Kier alpha value is -2.88. The number of hydrogen-bond acceptors (Lipinski definition) is 2. The van der Waals surface area contributed by atoms with Crippen LogP contribution in [0.1, 0.15) is 27.7 Å². The van der Waals surface area contributed by atoms with Crippen LogP contribution in [-0.2, 0) is 9.59 Å². The summed E-state index contributed by atoms with van der Waals surface area (Å²) in [5, 5.41) is 17.4. The van der Waals surface area contributed by atoms with Crippen LogP contribution in [0.25, 0.3) is 0 Å². The van der Waals surface area contributed by atoms with E-state index in [9.17, 15) is 9.59 Å². The maximum Gasteiger partial charge on any atom is 0.331 e. The molecule has 0 aliphatic rings. The molecule has 0 unspecified atom stereocenters. The molecule has 0 aliphatic heterocycles. The van der Waals surface area contributed by atoms with E-state index in [1.54, 1.807) is 38.2 Å². The molecule has 0 radical (unpaired) electrons. The van der Waals surface area contributed by atoms with E-state index in [2.05, 4.69) is 0 Å². The van der Waals surface area contributed by atoms with Crippen LogP contribution in [0.2, 0.25) is 0 Å². The van der Waals surface area contributed by atoms with E-state index in [-0.39, 0.29) is 11.1 Å². The van der Waals surface area contributed by atoms with Crippen molar-refractivity contribution in [3.63, 3.8) is 0 Å². The van der Waals surface area contributed by atoms with Gasteiger partial charge in [-0.2, -0.15) is 0 Å². The molecular formula is C20H24O4. The lowest BCUT2D eigenvalue weighted by molar-refractivity contribution is -0.133. The van der Waals surface area contributed by atoms with Gasteiger partial charge in [0.1, 0.15) is 0 Å². The minimum Gasteiger partial charge on any atom is -0.478 e. The van der Waals surface area contributed by atoms with Crippen molar-refractivity contribution in [1.29, 1.82) is 0 Å². The average molecular weight is 328 g/mol. The fraction of sp³-hybridized carbons (Fsp3) is 0.200. The van der Waals surface area contributed by atoms with Gasteiger partial charge in [0.05, 0.1) is 0 Å². The Bertz CT molecular complexity index is 608. The van der Waals surface area contributed by atoms with Crippen molar-refractivity contribution >= 4 is 11.9 Å². The Morgan fingerprint density at radius 1 is 0.583 bits per heavy atom. The minimum atomic E-state index is -0.928. The van der Waals surface area contributed by atoms with Gasteiger partial charge < -0.3 is 10.2 Å². The Morgan fingerprint density at radius 2 is 0.917 bits per heavy atom. The van der Waals surface area contributed by atoms with E-state index in [0.717, 1.165) is 11.1 Å². The molecule has 0 aromatic heterocycles. The minimum absolute atomic E-state index is 0.284. The van der Waals surface area contributed by atoms with Crippen LogP contribution in [0.15, 0.2) is 83.1 Å². The highest BCUT2D eigenvalue weighted by atomic mass is 16.4. The first-order valence-corrected chi connectivity index (χ1v) is 7.42. The van der Waals surface area contributed by atoms with Crippen LogP contribution in [0.4, 0.5) is 0 Å². The lowest BCUT2D eigenvalue weighted by Gasteiger charge is -1.90. The van der Waals surface area contributed by atoms with Crippen LogP contribution < -0.4 is 0 Å². The van der Waals surface area contributed by atoms with Gasteiger partial charge >= 0.3 is 11.9 Å². The topological polar surface area (TPSA) is 74.6 Å². The summed E-state index contributed by atoms with van der Waals surface area (Å²) in [6, 6.07) is 0. The molecule has 128 valence electrons. The maximum atomic E-state index is 10.6. The Balaban J connectivity index is 4.63. The second-order valence-corrected chi connectivity index (χ2v) is 5.23. The molecule has 2 N–H and O–H groups in total. The smallest absolute Gasteiger partial charge is 0.331 e. The van der Waals surface area contributed by atoms with Crippen LogP contribution in [0.3, 0.4) is 0 Å². The zero-order valence-electron chi connectivity index (χ0n) is 14.5. The maximum absolute atomic E-state index is 10.6. The van der Waals surface area contributed by atoms with Gasteiger partial charge in [-0.25, -0.2) is 9.59 Å². The molecule has 0 fully saturated rings. The van der Waals surface area contributed by atoms with Gasteiger partial charge in [-0.3, -0.25) is 0 Å². The highest BCUT2D eigenvalue weighted by Crippen LogP contribution is 2.01. The van der Waals surface area contributed by atoms with Crippen molar-refractivity contribution in [3.05, 3.63) is 83.1 Å². The lowest BCUT2D eigenvalue weighted by atomic mass is 10.2. The third-order valence-corrected chi connectivity index (χ3v) is 2.91. The molecule has 0 aliphatic carbocycles. The SMILES string of the molecule is CC(=C/C=C/C=C(C)/C=C/C=C(/C)C(=O)O)/C=C/C=C(\C)C(=O)O. The van der Waals surface area contributed by atoms with Crippen molar-refractivity contribution in [2.45, 2.75) is 27.7 Å². The average Bonchev–Trinajstić information content (AvgIpc) is 2.51. The third-order valence-electron chi connectivity index (χ3n) is 2.91. The fourth-order valence-corrected chi connectivity index (χ4v) is 1.36. The Morgan fingerprint density at radius 3 is 1.21 bits per heavy atom. The molecule has 0 aromatic rings. The molecule has 4 heteroatoms. The van der Waals surface area contributed by atoms with Crippen molar-refractivity contribution in [2.24, 2.45) is 0 Å². The van der Waals surface area contributed by atoms with Crippen molar-refractivity contribution < 1.29 is 19.8 Å². The Labute approximate surface area is 143 Å². The first-order valence-electron chi connectivity index (χ1n) is 7.42. The van der Waals surface area contributed by atoms with Crippen molar-refractivity contribution in [2.75, 3.05) is 0 Å². The molecule has 0 heterocycles. The van der Waals surface area contributed by atoms with Gasteiger partial charge in [-0.05, 0) is 27.7 Å². The molecule has 0 spiro atoms. The first-order chi connectivity index (χ1) is 11.2. The molecule has 0 rings (SSSR count). The number of carboxylic acid groups (broad SMARTS) is 2. The quantitative estimate of drug-likeness (QED) is 0.504. The molecule has 0 saturated carbocycles. The van der Waals surface area contributed by atoms with Crippen LogP contribution in [-0.4, -0.2) is 22.2 Å². The summed E-state index contributed by atoms with van der Waals surface area (Å²) in [7, 11) is 0. The summed E-state index contributed by atoms with van der Waals surface area (Å²) >= 11 is 0. The fourth-order valence-electron chi connectivity index (χ4n) is 1.36. The highest BCUT2D eigenvalue weighted by molar-refractivity contribution is 5.86. The number of rotatable bonds is 8. The van der Waals surface area contributed by atoms with E-state index in [0.29, 0.717) is 0 Å². The number of carbonyl (C=O) groups is 2. The number of hydrogen-bond donors (Lipinski definition) is 2.